The summed E-state index contributed by atoms with van der Waals surface area (Å²) in [5, 5.41) is -0.373. The standard InChI is InChI=1S/C8H19NO3S/c1-7(2)13(10,11)9-5-8(3)6-12-4/h7-9H,5-6H2,1-4H3. The number of ether oxygens (including phenoxy) is 1. The number of nitrogens with one attached hydrogen (secondary N) is 1. The number of hydrogen-bond donors (Lipinski definition) is 1. The van der Waals surface area contributed by atoms with Gasteiger partial charge in [0.2, 0.25) is 10.0 Å². The second-order valence-corrected chi connectivity index (χ2v) is 5.82. The third-order valence-corrected chi connectivity index (χ3v) is 3.52. The minimum Gasteiger partial charge on any atom is -0.384 e. The highest BCUT2D eigenvalue weighted by Crippen LogP contribution is 1.98. The molecule has 4 nitrogen and oxygen atoms in total. The molecule has 0 radical (unpaired) electrons. The van der Waals surface area contributed by atoms with Crippen LogP contribution >= 0.6 is 0 Å². The molecule has 1 atom stereocenters. The summed E-state index contributed by atoms with van der Waals surface area (Å²) in [7, 11) is -1.51. The zero-order valence-electron chi connectivity index (χ0n) is 8.70. The Morgan fingerprint density at radius 3 is 2.23 bits per heavy atom. The molecule has 0 saturated heterocycles. The van der Waals surface area contributed by atoms with Crippen LogP contribution in [0.2, 0.25) is 0 Å². The van der Waals surface area contributed by atoms with Gasteiger partial charge in [0, 0.05) is 20.3 Å². The van der Waals surface area contributed by atoms with Gasteiger partial charge in [-0.05, 0) is 19.8 Å². The van der Waals surface area contributed by atoms with Crippen LogP contribution in [0.15, 0.2) is 0 Å². The lowest BCUT2D eigenvalue weighted by molar-refractivity contribution is 0.161. The lowest BCUT2D eigenvalue weighted by atomic mass is 10.2. The second kappa shape index (κ2) is 5.57. The maximum atomic E-state index is 11.3. The molecule has 1 unspecified atom stereocenters. The first-order valence-corrected chi connectivity index (χ1v) is 5.92. The molecule has 1 N–H and O–H groups in total. The Morgan fingerprint density at radius 1 is 1.31 bits per heavy atom. The highest BCUT2D eigenvalue weighted by Gasteiger charge is 2.15. The van der Waals surface area contributed by atoms with Crippen molar-refractivity contribution in [2.75, 3.05) is 20.3 Å². The van der Waals surface area contributed by atoms with E-state index in [9.17, 15) is 8.42 Å². The van der Waals surface area contributed by atoms with Crippen LogP contribution in [0.3, 0.4) is 0 Å². The van der Waals surface area contributed by atoms with Crippen LogP contribution in [-0.2, 0) is 14.8 Å². The minimum absolute atomic E-state index is 0.207. The van der Waals surface area contributed by atoms with Crippen LogP contribution in [0.1, 0.15) is 20.8 Å². The van der Waals surface area contributed by atoms with E-state index in [1.54, 1.807) is 21.0 Å². The molecule has 0 aromatic heterocycles. The van der Waals surface area contributed by atoms with Crippen LogP contribution in [0.25, 0.3) is 0 Å². The van der Waals surface area contributed by atoms with E-state index in [1.165, 1.54) is 0 Å². The quantitative estimate of drug-likeness (QED) is 0.697. The molecule has 0 aliphatic heterocycles. The Kier molecular flexibility index (Phi) is 5.51. The van der Waals surface area contributed by atoms with Gasteiger partial charge in [-0.25, -0.2) is 13.1 Å². The largest absolute Gasteiger partial charge is 0.384 e. The van der Waals surface area contributed by atoms with Crippen molar-refractivity contribution in [1.29, 1.82) is 0 Å². The van der Waals surface area contributed by atoms with Crippen molar-refractivity contribution < 1.29 is 13.2 Å². The topological polar surface area (TPSA) is 55.4 Å². The summed E-state index contributed by atoms with van der Waals surface area (Å²) in [5.74, 6) is 0.207. The molecule has 0 aromatic rings. The van der Waals surface area contributed by atoms with Crippen LogP contribution in [0.4, 0.5) is 0 Å². The molecule has 80 valence electrons. The van der Waals surface area contributed by atoms with Gasteiger partial charge < -0.3 is 4.74 Å². The first-order valence-electron chi connectivity index (χ1n) is 4.37. The van der Waals surface area contributed by atoms with E-state index in [-0.39, 0.29) is 11.2 Å². The summed E-state index contributed by atoms with van der Waals surface area (Å²) in [4.78, 5) is 0. The molecule has 0 rings (SSSR count). The molecule has 0 aliphatic rings. The first-order chi connectivity index (χ1) is 5.90. The smallest absolute Gasteiger partial charge is 0.213 e. The van der Waals surface area contributed by atoms with Gasteiger partial charge in [0.1, 0.15) is 0 Å². The third kappa shape index (κ3) is 5.23. The summed E-state index contributed by atoms with van der Waals surface area (Å²) in [6, 6.07) is 0. The van der Waals surface area contributed by atoms with E-state index in [1.807, 2.05) is 6.92 Å². The molecule has 0 aliphatic carbocycles. The maximum Gasteiger partial charge on any atom is 0.213 e. The van der Waals surface area contributed by atoms with Gasteiger partial charge in [-0.3, -0.25) is 0 Å². The molecule has 0 saturated carbocycles. The Bertz CT molecular complexity index is 224. The molecular weight excluding hydrogens is 190 g/mol. The number of rotatable bonds is 6. The monoisotopic (exact) mass is 209 g/mol. The summed E-state index contributed by atoms with van der Waals surface area (Å²) < 4.78 is 30.0. The van der Waals surface area contributed by atoms with E-state index < -0.39 is 10.0 Å². The first kappa shape index (κ1) is 12.9. The van der Waals surface area contributed by atoms with E-state index >= 15 is 0 Å². The average Bonchev–Trinajstić information content (AvgIpc) is 2.01. The molecule has 0 fully saturated rings. The van der Waals surface area contributed by atoms with Gasteiger partial charge in [-0.2, -0.15) is 0 Å². The predicted molar refractivity (Wildman–Crippen MR) is 53.1 cm³/mol. The second-order valence-electron chi connectivity index (χ2n) is 3.50. The number of hydrogen-bond acceptors (Lipinski definition) is 3. The van der Waals surface area contributed by atoms with Gasteiger partial charge in [-0.15, -0.1) is 0 Å². The lowest BCUT2D eigenvalue weighted by Crippen LogP contribution is -2.34. The Balaban J connectivity index is 3.89. The van der Waals surface area contributed by atoms with E-state index in [4.69, 9.17) is 4.74 Å². The highest BCUT2D eigenvalue weighted by atomic mass is 32.2. The van der Waals surface area contributed by atoms with Crippen molar-refractivity contribution in [3.05, 3.63) is 0 Å². The molecule has 0 spiro atoms. The van der Waals surface area contributed by atoms with Gasteiger partial charge in [0.25, 0.3) is 0 Å². The Hall–Kier alpha value is -0.130. The van der Waals surface area contributed by atoms with Crippen molar-refractivity contribution in [2.45, 2.75) is 26.0 Å². The van der Waals surface area contributed by atoms with E-state index in [0.717, 1.165) is 0 Å². The fourth-order valence-electron chi connectivity index (χ4n) is 0.769. The summed E-state index contributed by atoms with van der Waals surface area (Å²) in [5.41, 5.74) is 0. The SMILES string of the molecule is COCC(C)CNS(=O)(=O)C(C)C. The van der Waals surface area contributed by atoms with Crippen LogP contribution in [0, 0.1) is 5.92 Å². The van der Waals surface area contributed by atoms with Crippen molar-refractivity contribution in [1.82, 2.24) is 4.72 Å². The van der Waals surface area contributed by atoms with Gasteiger partial charge in [0.05, 0.1) is 5.25 Å². The van der Waals surface area contributed by atoms with Crippen molar-refractivity contribution in [2.24, 2.45) is 5.92 Å². The molecule has 0 bridgehead atoms. The maximum absolute atomic E-state index is 11.3. The predicted octanol–water partition coefficient (Wildman–Crippen LogP) is 0.597. The normalized spacial score (nSPS) is 14.8. The fourth-order valence-corrected chi connectivity index (χ4v) is 1.62. The molecule has 0 aromatic carbocycles. The van der Waals surface area contributed by atoms with Crippen molar-refractivity contribution >= 4 is 10.0 Å². The average molecular weight is 209 g/mol. The number of methoxy groups -OCH3 is 1. The van der Waals surface area contributed by atoms with Crippen LogP contribution in [0.5, 0.6) is 0 Å². The van der Waals surface area contributed by atoms with Crippen LogP contribution < -0.4 is 4.72 Å². The van der Waals surface area contributed by atoms with E-state index in [0.29, 0.717) is 13.2 Å². The Morgan fingerprint density at radius 2 is 1.85 bits per heavy atom. The zero-order valence-corrected chi connectivity index (χ0v) is 9.52. The summed E-state index contributed by atoms with van der Waals surface area (Å²) in [6.45, 7) is 6.26. The molecule has 5 heteroatoms. The number of sulfonamides is 1. The Labute approximate surface area is 80.7 Å². The molecule has 0 amide bonds. The minimum atomic E-state index is -3.12. The third-order valence-electron chi connectivity index (χ3n) is 1.70. The summed E-state index contributed by atoms with van der Waals surface area (Å²) in [6.07, 6.45) is 0. The summed E-state index contributed by atoms with van der Waals surface area (Å²) >= 11 is 0. The molecule has 13 heavy (non-hydrogen) atoms. The van der Waals surface area contributed by atoms with Crippen molar-refractivity contribution in [3.8, 4) is 0 Å². The lowest BCUT2D eigenvalue weighted by Gasteiger charge is -2.13. The zero-order chi connectivity index (χ0) is 10.5. The van der Waals surface area contributed by atoms with Gasteiger partial charge >= 0.3 is 0 Å². The fraction of sp³-hybridized carbons (Fsp3) is 1.00. The van der Waals surface area contributed by atoms with Gasteiger partial charge in [-0.1, -0.05) is 6.92 Å². The van der Waals surface area contributed by atoms with Crippen LogP contribution in [-0.4, -0.2) is 33.9 Å². The van der Waals surface area contributed by atoms with Crippen molar-refractivity contribution in [3.63, 3.8) is 0 Å². The highest BCUT2D eigenvalue weighted by molar-refractivity contribution is 7.90. The molecule has 0 heterocycles. The van der Waals surface area contributed by atoms with E-state index in [2.05, 4.69) is 4.72 Å². The molecular formula is C8H19NO3S. The van der Waals surface area contributed by atoms with Gasteiger partial charge in [0.15, 0.2) is 0 Å².